The molecule has 0 bridgehead atoms. The average molecular weight is 303 g/mol. The lowest BCUT2D eigenvalue weighted by molar-refractivity contribution is 0.228. The van der Waals surface area contributed by atoms with E-state index in [-0.39, 0.29) is 24.5 Å². The highest BCUT2D eigenvalue weighted by atomic mass is 35.5. The standard InChI is InChI=1S/C14H20ClFN2O2/c1-2-10(7-9-19)18-14(20)17-8-6-11-12(15)4-3-5-13(11)16/h3-5,10,19H,2,6-9H2,1H3,(H2,17,18,20). The number of carbonyl (C=O) groups excluding carboxylic acids is 1. The summed E-state index contributed by atoms with van der Waals surface area (Å²) in [6.07, 6.45) is 1.59. The summed E-state index contributed by atoms with van der Waals surface area (Å²) in [5, 5.41) is 14.6. The van der Waals surface area contributed by atoms with Gasteiger partial charge in [-0.1, -0.05) is 24.6 Å². The van der Waals surface area contributed by atoms with Crippen LogP contribution in [0.3, 0.4) is 0 Å². The van der Waals surface area contributed by atoms with Crippen molar-refractivity contribution in [3.05, 3.63) is 34.6 Å². The molecule has 0 radical (unpaired) electrons. The van der Waals surface area contributed by atoms with Gasteiger partial charge in [0.15, 0.2) is 0 Å². The van der Waals surface area contributed by atoms with Gasteiger partial charge in [-0.15, -0.1) is 0 Å². The molecule has 0 fully saturated rings. The first-order valence-corrected chi connectivity index (χ1v) is 7.04. The third-order valence-electron chi connectivity index (χ3n) is 3.03. The Morgan fingerprint density at radius 3 is 2.85 bits per heavy atom. The Bertz CT molecular complexity index is 423. The predicted molar refractivity (Wildman–Crippen MR) is 77.4 cm³/mol. The van der Waals surface area contributed by atoms with Crippen LogP contribution in [0.15, 0.2) is 18.2 Å². The van der Waals surface area contributed by atoms with Gasteiger partial charge < -0.3 is 15.7 Å². The van der Waals surface area contributed by atoms with Crippen molar-refractivity contribution in [2.45, 2.75) is 32.2 Å². The fourth-order valence-electron chi connectivity index (χ4n) is 1.84. The summed E-state index contributed by atoms with van der Waals surface area (Å²) in [4.78, 5) is 11.6. The number of carbonyl (C=O) groups is 1. The van der Waals surface area contributed by atoms with Crippen LogP contribution in [0.5, 0.6) is 0 Å². The minimum atomic E-state index is -0.369. The molecule has 1 aromatic rings. The van der Waals surface area contributed by atoms with Crippen molar-refractivity contribution in [3.63, 3.8) is 0 Å². The molecule has 0 aliphatic carbocycles. The summed E-state index contributed by atoms with van der Waals surface area (Å²) in [5.41, 5.74) is 0.400. The number of hydrogen-bond acceptors (Lipinski definition) is 2. The Morgan fingerprint density at radius 1 is 1.50 bits per heavy atom. The lowest BCUT2D eigenvalue weighted by Crippen LogP contribution is -2.42. The highest BCUT2D eigenvalue weighted by Crippen LogP contribution is 2.18. The summed E-state index contributed by atoms with van der Waals surface area (Å²) < 4.78 is 13.5. The van der Waals surface area contributed by atoms with Gasteiger partial charge in [-0.05, 0) is 31.4 Å². The van der Waals surface area contributed by atoms with E-state index >= 15 is 0 Å². The Kier molecular flexibility index (Phi) is 7.33. The van der Waals surface area contributed by atoms with Crippen molar-refractivity contribution in [1.82, 2.24) is 10.6 Å². The van der Waals surface area contributed by atoms with Gasteiger partial charge in [0.2, 0.25) is 0 Å². The van der Waals surface area contributed by atoms with Crippen molar-refractivity contribution in [3.8, 4) is 0 Å². The predicted octanol–water partition coefficient (Wildman–Crippen LogP) is 2.48. The number of urea groups is 1. The molecule has 112 valence electrons. The minimum absolute atomic E-state index is 0.0314. The first-order chi connectivity index (χ1) is 9.58. The molecule has 0 saturated heterocycles. The van der Waals surface area contributed by atoms with Crippen LogP contribution >= 0.6 is 11.6 Å². The van der Waals surface area contributed by atoms with Crippen LogP contribution in [0, 0.1) is 5.82 Å². The van der Waals surface area contributed by atoms with Gasteiger partial charge in [0.25, 0.3) is 0 Å². The number of halogens is 2. The maximum Gasteiger partial charge on any atom is 0.315 e. The summed E-state index contributed by atoms with van der Waals surface area (Å²) in [6, 6.07) is 4.13. The summed E-state index contributed by atoms with van der Waals surface area (Å²) in [7, 11) is 0. The fourth-order valence-corrected chi connectivity index (χ4v) is 2.10. The second-order valence-electron chi connectivity index (χ2n) is 4.47. The van der Waals surface area contributed by atoms with E-state index in [1.54, 1.807) is 12.1 Å². The van der Waals surface area contributed by atoms with Gasteiger partial charge in [0.05, 0.1) is 0 Å². The topological polar surface area (TPSA) is 61.4 Å². The van der Waals surface area contributed by atoms with Gasteiger partial charge in [-0.3, -0.25) is 0 Å². The number of nitrogens with one attached hydrogen (secondary N) is 2. The smallest absolute Gasteiger partial charge is 0.315 e. The molecule has 0 aliphatic rings. The molecule has 1 atom stereocenters. The molecule has 1 aromatic carbocycles. The van der Waals surface area contributed by atoms with Gasteiger partial charge in [0, 0.05) is 29.8 Å². The highest BCUT2D eigenvalue weighted by Gasteiger charge is 2.10. The van der Waals surface area contributed by atoms with Crippen LogP contribution in [0.1, 0.15) is 25.3 Å². The van der Waals surface area contributed by atoms with Crippen LogP contribution in [-0.4, -0.2) is 30.3 Å². The molecule has 2 amide bonds. The molecule has 6 heteroatoms. The van der Waals surface area contributed by atoms with Gasteiger partial charge in [-0.25, -0.2) is 9.18 Å². The van der Waals surface area contributed by atoms with Crippen molar-refractivity contribution in [1.29, 1.82) is 0 Å². The molecule has 0 saturated carbocycles. The van der Waals surface area contributed by atoms with Crippen molar-refractivity contribution >= 4 is 17.6 Å². The molecule has 3 N–H and O–H groups in total. The molecule has 0 aromatic heterocycles. The Morgan fingerprint density at radius 2 is 2.25 bits per heavy atom. The maximum atomic E-state index is 13.5. The summed E-state index contributed by atoms with van der Waals surface area (Å²) in [5.74, 6) is -0.369. The van der Waals surface area contributed by atoms with Gasteiger partial charge >= 0.3 is 6.03 Å². The van der Waals surface area contributed by atoms with Crippen LogP contribution in [-0.2, 0) is 6.42 Å². The van der Waals surface area contributed by atoms with Crippen molar-refractivity contribution < 1.29 is 14.3 Å². The molecule has 1 rings (SSSR count). The van der Waals surface area contributed by atoms with Crippen LogP contribution in [0.4, 0.5) is 9.18 Å². The number of amides is 2. The molecule has 20 heavy (non-hydrogen) atoms. The molecule has 4 nitrogen and oxygen atoms in total. The quantitative estimate of drug-likeness (QED) is 0.724. The summed E-state index contributed by atoms with van der Waals surface area (Å²) in [6.45, 7) is 2.26. The normalized spacial score (nSPS) is 12.0. The number of rotatable bonds is 7. The largest absolute Gasteiger partial charge is 0.396 e. The number of benzene rings is 1. The molecule has 0 aliphatic heterocycles. The minimum Gasteiger partial charge on any atom is -0.396 e. The van der Waals surface area contributed by atoms with E-state index < -0.39 is 0 Å². The Hall–Kier alpha value is -1.33. The second-order valence-corrected chi connectivity index (χ2v) is 4.88. The van der Waals surface area contributed by atoms with E-state index in [1.165, 1.54) is 6.07 Å². The Labute approximate surface area is 123 Å². The SMILES string of the molecule is CCC(CCO)NC(=O)NCCc1c(F)cccc1Cl. The second kappa shape index (κ2) is 8.76. The van der Waals surface area contributed by atoms with E-state index in [2.05, 4.69) is 10.6 Å². The van der Waals surface area contributed by atoms with Crippen molar-refractivity contribution in [2.24, 2.45) is 0 Å². The molecule has 0 heterocycles. The van der Waals surface area contributed by atoms with Gasteiger partial charge in [0.1, 0.15) is 5.82 Å². The van der Waals surface area contributed by atoms with Gasteiger partial charge in [-0.2, -0.15) is 0 Å². The van der Waals surface area contributed by atoms with Crippen LogP contribution in [0.25, 0.3) is 0 Å². The van der Waals surface area contributed by atoms with Crippen LogP contribution in [0.2, 0.25) is 5.02 Å². The van der Waals surface area contributed by atoms with E-state index in [4.69, 9.17) is 16.7 Å². The summed E-state index contributed by atoms with van der Waals surface area (Å²) >= 11 is 5.90. The molecular weight excluding hydrogens is 283 g/mol. The molecular formula is C14H20ClFN2O2. The third-order valence-corrected chi connectivity index (χ3v) is 3.38. The van der Waals surface area contributed by atoms with Crippen molar-refractivity contribution in [2.75, 3.05) is 13.2 Å². The Balaban J connectivity index is 2.38. The van der Waals surface area contributed by atoms with E-state index in [0.29, 0.717) is 30.0 Å². The van der Waals surface area contributed by atoms with E-state index in [0.717, 1.165) is 6.42 Å². The fraction of sp³-hybridized carbons (Fsp3) is 0.500. The molecule has 1 unspecified atom stereocenters. The molecule has 0 spiro atoms. The first-order valence-electron chi connectivity index (χ1n) is 6.66. The lowest BCUT2D eigenvalue weighted by atomic mass is 10.1. The zero-order valence-electron chi connectivity index (χ0n) is 11.5. The highest BCUT2D eigenvalue weighted by molar-refractivity contribution is 6.31. The van der Waals surface area contributed by atoms with E-state index in [9.17, 15) is 9.18 Å². The number of aliphatic hydroxyl groups excluding tert-OH is 1. The average Bonchev–Trinajstić information content (AvgIpc) is 2.41. The van der Waals surface area contributed by atoms with Crippen LogP contribution < -0.4 is 10.6 Å². The third kappa shape index (κ3) is 5.35. The zero-order chi connectivity index (χ0) is 15.0. The van der Waals surface area contributed by atoms with E-state index in [1.807, 2.05) is 6.92 Å². The number of hydrogen-bond donors (Lipinski definition) is 3. The monoisotopic (exact) mass is 302 g/mol. The zero-order valence-corrected chi connectivity index (χ0v) is 12.2. The lowest BCUT2D eigenvalue weighted by Gasteiger charge is -2.16. The maximum absolute atomic E-state index is 13.5. The number of aliphatic hydroxyl groups is 1. The first kappa shape index (κ1) is 16.7.